The molecule has 2 rings (SSSR count). The van der Waals surface area contributed by atoms with Crippen LogP contribution in [0.3, 0.4) is 0 Å². The van der Waals surface area contributed by atoms with Gasteiger partial charge in [0.1, 0.15) is 12.2 Å². The highest BCUT2D eigenvalue weighted by molar-refractivity contribution is 5.69. The summed E-state index contributed by atoms with van der Waals surface area (Å²) in [7, 11) is 0. The smallest absolute Gasteiger partial charge is 0.305 e. The van der Waals surface area contributed by atoms with Crippen LogP contribution in [0.15, 0.2) is 30.3 Å². The number of hydrogen-bond acceptors (Lipinski definition) is 17. The molecule has 0 aromatic heterocycles. The van der Waals surface area contributed by atoms with Crippen molar-refractivity contribution < 1.29 is 80.9 Å². The minimum Gasteiger partial charge on any atom is -0.459 e. The Labute approximate surface area is 289 Å². The monoisotopic (exact) mass is 712 g/mol. The normalized spacial score (nSPS) is 22.5. The van der Waals surface area contributed by atoms with Crippen molar-refractivity contribution in [2.75, 3.05) is 0 Å². The van der Waals surface area contributed by atoms with E-state index in [0.717, 1.165) is 48.5 Å². The zero-order chi connectivity index (χ0) is 37.7. The van der Waals surface area contributed by atoms with Gasteiger partial charge in [-0.2, -0.15) is 0 Å². The van der Waals surface area contributed by atoms with Crippen LogP contribution in [0.1, 0.15) is 67.9 Å². The van der Waals surface area contributed by atoms with Crippen molar-refractivity contribution in [3.63, 3.8) is 0 Å². The zero-order valence-electron chi connectivity index (χ0n) is 29.3. The first-order valence-electron chi connectivity index (χ1n) is 15.6. The van der Waals surface area contributed by atoms with Gasteiger partial charge in [0.25, 0.3) is 6.29 Å². The van der Waals surface area contributed by atoms with Crippen LogP contribution >= 0.6 is 0 Å². The van der Waals surface area contributed by atoms with Crippen molar-refractivity contribution in [3.05, 3.63) is 35.9 Å². The Kier molecular flexibility index (Phi) is 16.2. The van der Waals surface area contributed by atoms with E-state index in [9.17, 15) is 33.6 Å². The summed E-state index contributed by atoms with van der Waals surface area (Å²) in [5.74, 6) is -6.01. The minimum absolute atomic E-state index is 0.223. The maximum absolute atomic E-state index is 12.5. The molecule has 0 amide bonds. The summed E-state index contributed by atoms with van der Waals surface area (Å²) in [6, 6.07) is 8.59. The van der Waals surface area contributed by atoms with E-state index in [-0.39, 0.29) is 6.61 Å². The Balaban J connectivity index is 2.85. The molecule has 1 aliphatic heterocycles. The Bertz CT molecular complexity index is 1330. The van der Waals surface area contributed by atoms with Gasteiger partial charge in [0.05, 0.1) is 12.7 Å². The Hall–Kier alpha value is -4.61. The van der Waals surface area contributed by atoms with Gasteiger partial charge in [-0.3, -0.25) is 33.6 Å². The third-order valence-electron chi connectivity index (χ3n) is 6.81. The largest absolute Gasteiger partial charge is 0.459 e. The highest BCUT2D eigenvalue weighted by atomic mass is 16.8. The SMILES string of the molecule is CC(=O)OC(OC(C)=O)[C@H](OCc1ccccc1)[C@@H](O[C@@H]1O[C@@H](C)[C@H](OC(C)=O)[C@@H](OC(C)=O)[C@H]1OC(C)=O)[C@H](OC(C)=O)[C@@H](C)OC(C)=O. The molecule has 17 heteroatoms. The standard InChI is InChI=1S/C33H44O17/c1-16(42-18(3)34)26(44-19(4)35)28(30(32(48-23(8)39)49-24(9)40)41-15-25-13-11-10-12-14-25)50-33-31(47-22(7)38)29(46-21(6)37)27(17(2)43-33)45-20(5)36/h10-14,16-17,26-33H,15H2,1-9H3/t16-,17+,26-,27+,28+,29-,30-,31-,33+/m1/s1. The molecule has 1 fully saturated rings. The second-order valence-corrected chi connectivity index (χ2v) is 11.3. The second-order valence-electron chi connectivity index (χ2n) is 11.3. The molecule has 0 unspecified atom stereocenters. The van der Waals surface area contributed by atoms with Crippen molar-refractivity contribution in [1.29, 1.82) is 0 Å². The molecule has 1 aromatic rings. The molecule has 1 aliphatic rings. The Morgan fingerprint density at radius 1 is 0.600 bits per heavy atom. The third kappa shape index (κ3) is 13.4. The van der Waals surface area contributed by atoms with Gasteiger partial charge in [-0.1, -0.05) is 30.3 Å². The second kappa shape index (κ2) is 19.5. The number of esters is 7. The summed E-state index contributed by atoms with van der Waals surface area (Å²) in [5, 5.41) is 0. The molecule has 50 heavy (non-hydrogen) atoms. The van der Waals surface area contributed by atoms with Gasteiger partial charge in [-0.05, 0) is 19.4 Å². The lowest BCUT2D eigenvalue weighted by molar-refractivity contribution is -0.335. The molecule has 9 atom stereocenters. The van der Waals surface area contributed by atoms with Crippen LogP contribution in [0.4, 0.5) is 0 Å². The number of ether oxygens (including phenoxy) is 10. The first-order chi connectivity index (χ1) is 23.4. The molecule has 0 saturated carbocycles. The van der Waals surface area contributed by atoms with E-state index in [1.165, 1.54) is 13.8 Å². The maximum Gasteiger partial charge on any atom is 0.305 e. The molecule has 1 aromatic carbocycles. The minimum atomic E-state index is -1.88. The average Bonchev–Trinajstić information content (AvgIpc) is 2.98. The van der Waals surface area contributed by atoms with Gasteiger partial charge in [0.2, 0.25) is 0 Å². The van der Waals surface area contributed by atoms with Gasteiger partial charge >= 0.3 is 41.8 Å². The molecular weight excluding hydrogens is 668 g/mol. The summed E-state index contributed by atoms with van der Waals surface area (Å²) in [5.41, 5.74) is 0.595. The fraction of sp³-hybridized carbons (Fsp3) is 0.606. The van der Waals surface area contributed by atoms with Gasteiger partial charge in [-0.25, -0.2) is 0 Å². The Morgan fingerprint density at radius 2 is 1.08 bits per heavy atom. The molecule has 0 radical (unpaired) electrons. The van der Waals surface area contributed by atoms with Gasteiger partial charge < -0.3 is 47.4 Å². The molecule has 1 heterocycles. The van der Waals surface area contributed by atoms with Crippen LogP contribution < -0.4 is 0 Å². The lowest BCUT2D eigenvalue weighted by Crippen LogP contribution is -2.64. The third-order valence-corrected chi connectivity index (χ3v) is 6.81. The fourth-order valence-corrected chi connectivity index (χ4v) is 5.11. The lowest BCUT2D eigenvalue weighted by Gasteiger charge is -2.46. The van der Waals surface area contributed by atoms with E-state index in [2.05, 4.69) is 0 Å². The summed E-state index contributed by atoms with van der Waals surface area (Å²) in [4.78, 5) is 85.9. The molecule has 0 spiro atoms. The summed E-state index contributed by atoms with van der Waals surface area (Å²) >= 11 is 0. The predicted molar refractivity (Wildman–Crippen MR) is 165 cm³/mol. The van der Waals surface area contributed by atoms with E-state index in [0.29, 0.717) is 5.56 Å². The Morgan fingerprint density at radius 3 is 1.56 bits per heavy atom. The quantitative estimate of drug-likeness (QED) is 0.136. The maximum atomic E-state index is 12.5. The molecule has 1 saturated heterocycles. The van der Waals surface area contributed by atoms with Gasteiger partial charge in [0.15, 0.2) is 36.8 Å². The molecule has 0 aliphatic carbocycles. The first-order valence-corrected chi connectivity index (χ1v) is 15.6. The van der Waals surface area contributed by atoms with E-state index in [1.807, 2.05) is 0 Å². The van der Waals surface area contributed by atoms with Crippen LogP contribution in [-0.4, -0.2) is 103 Å². The van der Waals surface area contributed by atoms with Crippen LogP contribution in [0, 0.1) is 0 Å². The van der Waals surface area contributed by atoms with E-state index in [4.69, 9.17) is 47.4 Å². The lowest BCUT2D eigenvalue weighted by atomic mass is 9.97. The predicted octanol–water partition coefficient (Wildman–Crippen LogP) is 1.83. The van der Waals surface area contributed by atoms with Crippen molar-refractivity contribution in [2.24, 2.45) is 0 Å². The van der Waals surface area contributed by atoms with Crippen molar-refractivity contribution in [3.8, 4) is 0 Å². The highest BCUT2D eigenvalue weighted by Gasteiger charge is 2.54. The van der Waals surface area contributed by atoms with Crippen molar-refractivity contribution in [1.82, 2.24) is 0 Å². The fourth-order valence-electron chi connectivity index (χ4n) is 5.11. The molecular formula is C33H44O17. The van der Waals surface area contributed by atoms with Crippen molar-refractivity contribution in [2.45, 2.75) is 130 Å². The van der Waals surface area contributed by atoms with Crippen molar-refractivity contribution >= 4 is 41.8 Å². The van der Waals surface area contributed by atoms with Gasteiger partial charge in [0, 0.05) is 48.5 Å². The summed E-state index contributed by atoms with van der Waals surface area (Å²) in [6.45, 7) is 10.0. The molecule has 278 valence electrons. The number of benzene rings is 1. The first kappa shape index (κ1) is 41.6. The average molecular weight is 713 g/mol. The number of hydrogen-bond donors (Lipinski definition) is 0. The zero-order valence-corrected chi connectivity index (χ0v) is 29.3. The summed E-state index contributed by atoms with van der Waals surface area (Å²) < 4.78 is 56.6. The summed E-state index contributed by atoms with van der Waals surface area (Å²) in [6.07, 6.45) is -15.6. The van der Waals surface area contributed by atoms with Crippen LogP contribution in [0.5, 0.6) is 0 Å². The molecule has 0 bridgehead atoms. The highest BCUT2D eigenvalue weighted by Crippen LogP contribution is 2.33. The van der Waals surface area contributed by atoms with Crippen LogP contribution in [0.2, 0.25) is 0 Å². The molecule has 17 nitrogen and oxygen atoms in total. The molecule has 0 N–H and O–H groups in total. The topological polar surface area (TPSA) is 212 Å². The van der Waals surface area contributed by atoms with E-state index < -0.39 is 103 Å². The van der Waals surface area contributed by atoms with E-state index >= 15 is 0 Å². The van der Waals surface area contributed by atoms with E-state index in [1.54, 1.807) is 30.3 Å². The number of carbonyl (C=O) groups is 7. The van der Waals surface area contributed by atoms with Crippen LogP contribution in [-0.2, 0) is 87.5 Å². The number of rotatable bonds is 16. The van der Waals surface area contributed by atoms with Gasteiger partial charge in [-0.15, -0.1) is 0 Å². The number of carbonyl (C=O) groups excluding carboxylic acids is 7. The van der Waals surface area contributed by atoms with Crippen LogP contribution in [0.25, 0.3) is 0 Å².